The summed E-state index contributed by atoms with van der Waals surface area (Å²) in [5.41, 5.74) is -0.252. The number of nitrogens with zero attached hydrogens (tertiary/aromatic N) is 3. The molecule has 0 bridgehead atoms. The molecule has 0 aliphatic heterocycles. The Kier molecular flexibility index (Phi) is 5.80. The van der Waals surface area contributed by atoms with Gasteiger partial charge in [0.1, 0.15) is 23.1 Å². The first kappa shape index (κ1) is 21.3. The molecule has 30 heavy (non-hydrogen) atoms. The van der Waals surface area contributed by atoms with Crippen LogP contribution in [0.2, 0.25) is 0 Å². The number of thiazole rings is 1. The lowest BCUT2D eigenvalue weighted by atomic mass is 10.3. The first-order chi connectivity index (χ1) is 14.1. The molecule has 0 aliphatic carbocycles. The minimum absolute atomic E-state index is 0.218. The number of aromatic carboxylic acids is 1. The summed E-state index contributed by atoms with van der Waals surface area (Å²) in [6.07, 6.45) is 4.83. The maximum Gasteiger partial charge on any atom is 0.357 e. The highest BCUT2D eigenvalue weighted by Gasteiger charge is 2.24. The third-order valence-electron chi connectivity index (χ3n) is 3.74. The number of aromatic nitrogens is 3. The van der Waals surface area contributed by atoms with Crippen molar-refractivity contribution in [2.24, 2.45) is 7.05 Å². The van der Waals surface area contributed by atoms with E-state index >= 15 is 0 Å². The van der Waals surface area contributed by atoms with Gasteiger partial charge in [-0.25, -0.2) is 36.1 Å². The molecular formula is C16H14F2N5O5S2+. The molecule has 0 spiro atoms. The van der Waals surface area contributed by atoms with Crippen molar-refractivity contribution in [1.82, 2.24) is 9.55 Å². The molecule has 0 radical (unpaired) electrons. The highest BCUT2D eigenvalue weighted by molar-refractivity contribution is 7.93. The number of aryl methyl sites for hydroxylation is 1. The molecule has 1 amide bonds. The van der Waals surface area contributed by atoms with E-state index in [1.807, 2.05) is 4.72 Å². The molecule has 0 atom stereocenters. The van der Waals surface area contributed by atoms with Crippen molar-refractivity contribution in [3.05, 3.63) is 53.7 Å². The summed E-state index contributed by atoms with van der Waals surface area (Å²) in [4.78, 5) is 25.8. The molecule has 1 aromatic carbocycles. The first-order valence-electron chi connectivity index (χ1n) is 8.06. The fourth-order valence-electron chi connectivity index (χ4n) is 2.42. The first-order valence-corrected chi connectivity index (χ1v) is 10.4. The normalized spacial score (nSPS) is 11.3. The summed E-state index contributed by atoms with van der Waals surface area (Å²) < 4.78 is 58.6. The molecule has 0 saturated carbocycles. The Morgan fingerprint density at radius 2 is 1.97 bits per heavy atom. The van der Waals surface area contributed by atoms with Crippen LogP contribution < -0.4 is 14.6 Å². The van der Waals surface area contributed by atoms with Gasteiger partial charge in [0.2, 0.25) is 6.33 Å². The van der Waals surface area contributed by atoms with E-state index in [1.54, 1.807) is 30.3 Å². The third-order valence-corrected chi connectivity index (χ3v) is 5.94. The maximum absolute atomic E-state index is 14.4. The average molecular weight is 458 g/mol. The predicted octanol–water partition coefficient (Wildman–Crippen LogP) is 1.18. The second kappa shape index (κ2) is 8.16. The number of carboxylic acid groups (broad SMARTS) is 1. The Labute approximate surface area is 172 Å². The van der Waals surface area contributed by atoms with Crippen LogP contribution in [0.3, 0.4) is 0 Å². The van der Waals surface area contributed by atoms with Gasteiger partial charge in [-0.15, -0.1) is 11.3 Å². The number of benzene rings is 1. The lowest BCUT2D eigenvalue weighted by Gasteiger charge is -2.11. The zero-order chi connectivity index (χ0) is 22.1. The zero-order valence-electron chi connectivity index (χ0n) is 15.2. The fourth-order valence-corrected chi connectivity index (χ4v) is 4.43. The lowest BCUT2D eigenvalue weighted by molar-refractivity contribution is -0.671. The van der Waals surface area contributed by atoms with Gasteiger partial charge in [0, 0.05) is 0 Å². The van der Waals surface area contributed by atoms with Gasteiger partial charge < -0.3 is 10.4 Å². The number of carbonyl (C=O) groups is 2. The number of sulfonamides is 1. The molecule has 2 heterocycles. The van der Waals surface area contributed by atoms with E-state index in [-0.39, 0.29) is 11.5 Å². The highest BCUT2D eigenvalue weighted by Crippen LogP contribution is 2.27. The van der Waals surface area contributed by atoms with E-state index < -0.39 is 49.8 Å². The molecule has 0 fully saturated rings. The molecule has 0 saturated heterocycles. The standard InChI is InChI=1S/C16H13F2N5O5S2/c1-22-2-3-23(8-22)6-12(24)20-13-10(17)4-9(5-11(13)18)30(27,28)21-15-14(16(25)26)19-7-29-15/h2-5,7-8,21H,6H2,1H3,(H-,20,24,25,26)/p+1. The summed E-state index contributed by atoms with van der Waals surface area (Å²) in [6, 6.07) is 1.02. The van der Waals surface area contributed by atoms with Gasteiger partial charge in [0.05, 0.1) is 17.5 Å². The van der Waals surface area contributed by atoms with E-state index in [9.17, 15) is 26.8 Å². The minimum atomic E-state index is -4.52. The molecule has 0 aliphatic rings. The van der Waals surface area contributed by atoms with E-state index in [4.69, 9.17) is 5.11 Å². The second-order valence-electron chi connectivity index (χ2n) is 6.00. The molecule has 3 rings (SSSR count). The molecule has 2 aromatic heterocycles. The largest absolute Gasteiger partial charge is 0.476 e. The van der Waals surface area contributed by atoms with Crippen LogP contribution in [0.15, 0.2) is 41.3 Å². The van der Waals surface area contributed by atoms with E-state index in [2.05, 4.69) is 10.3 Å². The summed E-state index contributed by atoms with van der Waals surface area (Å²) in [7, 11) is -2.79. The molecular weight excluding hydrogens is 444 g/mol. The SMILES string of the molecule is C[n+]1ccn(CC(=O)Nc2c(F)cc(S(=O)(=O)Nc3scnc3C(=O)O)cc2F)c1. The Morgan fingerprint density at radius 1 is 1.30 bits per heavy atom. The van der Waals surface area contributed by atoms with Crippen molar-refractivity contribution in [3.8, 4) is 0 Å². The van der Waals surface area contributed by atoms with Crippen molar-refractivity contribution >= 4 is 43.9 Å². The molecule has 10 nitrogen and oxygen atoms in total. The van der Waals surface area contributed by atoms with Crippen LogP contribution in [0.25, 0.3) is 0 Å². The minimum Gasteiger partial charge on any atom is -0.476 e. The maximum atomic E-state index is 14.4. The van der Waals surface area contributed by atoms with Crippen LogP contribution in [-0.4, -0.2) is 35.0 Å². The van der Waals surface area contributed by atoms with Gasteiger partial charge in [0.15, 0.2) is 23.9 Å². The van der Waals surface area contributed by atoms with Crippen LogP contribution in [0.5, 0.6) is 0 Å². The number of anilines is 2. The number of imidazole rings is 1. The van der Waals surface area contributed by atoms with E-state index in [1.165, 1.54) is 4.57 Å². The van der Waals surface area contributed by atoms with Crippen LogP contribution >= 0.6 is 11.3 Å². The number of carbonyl (C=O) groups excluding carboxylic acids is 1. The van der Waals surface area contributed by atoms with Crippen molar-refractivity contribution in [2.75, 3.05) is 10.0 Å². The van der Waals surface area contributed by atoms with E-state index in [0.29, 0.717) is 23.5 Å². The van der Waals surface area contributed by atoms with Gasteiger partial charge in [0.25, 0.3) is 15.9 Å². The molecule has 0 unspecified atom stereocenters. The van der Waals surface area contributed by atoms with Crippen LogP contribution in [0, 0.1) is 11.6 Å². The zero-order valence-corrected chi connectivity index (χ0v) is 16.8. The van der Waals surface area contributed by atoms with Gasteiger partial charge >= 0.3 is 5.97 Å². The number of nitrogens with one attached hydrogen (secondary N) is 2. The number of hydrogen-bond donors (Lipinski definition) is 3. The van der Waals surface area contributed by atoms with Crippen LogP contribution in [0.4, 0.5) is 19.5 Å². The van der Waals surface area contributed by atoms with Gasteiger partial charge in [-0.1, -0.05) is 0 Å². The van der Waals surface area contributed by atoms with E-state index in [0.717, 1.165) is 5.51 Å². The summed E-state index contributed by atoms with van der Waals surface area (Å²) in [6.45, 7) is -0.218. The summed E-state index contributed by atoms with van der Waals surface area (Å²) in [5.74, 6) is -4.83. The molecule has 158 valence electrons. The van der Waals surface area contributed by atoms with Crippen molar-refractivity contribution in [1.29, 1.82) is 0 Å². The van der Waals surface area contributed by atoms with Gasteiger partial charge in [-0.05, 0) is 12.1 Å². The Morgan fingerprint density at radius 3 is 2.53 bits per heavy atom. The van der Waals surface area contributed by atoms with Crippen LogP contribution in [0.1, 0.15) is 10.5 Å². The summed E-state index contributed by atoms with van der Waals surface area (Å²) in [5, 5.41) is 10.7. The number of rotatable bonds is 7. The second-order valence-corrected chi connectivity index (χ2v) is 8.54. The van der Waals surface area contributed by atoms with Crippen LogP contribution in [-0.2, 0) is 28.4 Å². The molecule has 14 heteroatoms. The molecule has 3 N–H and O–H groups in total. The monoisotopic (exact) mass is 458 g/mol. The average Bonchev–Trinajstić information content (AvgIpc) is 3.26. The molecule has 3 aromatic rings. The fraction of sp³-hybridized carbons (Fsp3) is 0.125. The number of halogens is 2. The number of carboxylic acids is 1. The Bertz CT molecular complexity index is 1220. The van der Waals surface area contributed by atoms with Crippen molar-refractivity contribution in [2.45, 2.75) is 11.4 Å². The van der Waals surface area contributed by atoms with Gasteiger partial charge in [-0.3, -0.25) is 9.52 Å². The van der Waals surface area contributed by atoms with Crippen molar-refractivity contribution in [3.63, 3.8) is 0 Å². The van der Waals surface area contributed by atoms with Crippen molar-refractivity contribution < 1.29 is 36.5 Å². The lowest BCUT2D eigenvalue weighted by Crippen LogP contribution is -2.25. The smallest absolute Gasteiger partial charge is 0.357 e. The number of amides is 1. The number of hydrogen-bond acceptors (Lipinski definition) is 6. The quantitative estimate of drug-likeness (QED) is 0.455. The highest BCUT2D eigenvalue weighted by atomic mass is 32.2. The Hall–Kier alpha value is -3.39. The topological polar surface area (TPSA) is 134 Å². The third kappa shape index (κ3) is 4.60. The van der Waals surface area contributed by atoms with Gasteiger partial charge in [-0.2, -0.15) is 0 Å². The Balaban J connectivity index is 1.81. The summed E-state index contributed by atoms with van der Waals surface area (Å²) >= 11 is 0.691. The predicted molar refractivity (Wildman–Crippen MR) is 100 cm³/mol.